The van der Waals surface area contributed by atoms with Crippen LogP contribution in [-0.4, -0.2) is 58.6 Å². The molecule has 38 heavy (non-hydrogen) atoms. The molecule has 1 N–H and O–H groups in total. The summed E-state index contributed by atoms with van der Waals surface area (Å²) in [5, 5.41) is 0. The van der Waals surface area contributed by atoms with E-state index in [9.17, 15) is 13.2 Å². The van der Waals surface area contributed by atoms with Crippen molar-refractivity contribution in [3.8, 4) is 11.5 Å². The first-order chi connectivity index (χ1) is 18.2. The van der Waals surface area contributed by atoms with Gasteiger partial charge in [-0.15, -0.1) is 0 Å². The van der Waals surface area contributed by atoms with E-state index in [-0.39, 0.29) is 17.4 Å². The van der Waals surface area contributed by atoms with Gasteiger partial charge in [-0.25, -0.2) is 8.42 Å². The molecule has 1 aliphatic heterocycles. The van der Waals surface area contributed by atoms with E-state index in [1.54, 1.807) is 43.3 Å². The SMILES string of the molecule is CCOc1ccc(NS(=O)(=O)c2ccc(OCC(=O)N3CCN(c4cccc(C)c4C)CC3)c(C)c2)cc1. The lowest BCUT2D eigenvalue weighted by Gasteiger charge is -2.37. The molecule has 0 unspecified atom stereocenters. The number of hydrogen-bond donors (Lipinski definition) is 1. The van der Waals surface area contributed by atoms with Gasteiger partial charge in [-0.05, 0) is 92.9 Å². The molecule has 1 saturated heterocycles. The highest BCUT2D eigenvalue weighted by Crippen LogP contribution is 2.26. The molecule has 3 aromatic carbocycles. The van der Waals surface area contributed by atoms with Gasteiger partial charge in [0.2, 0.25) is 0 Å². The molecule has 9 heteroatoms. The first kappa shape index (κ1) is 27.3. The highest BCUT2D eigenvalue weighted by Gasteiger charge is 2.23. The number of amides is 1. The second-order valence-electron chi connectivity index (χ2n) is 9.37. The van der Waals surface area contributed by atoms with Crippen LogP contribution in [0.3, 0.4) is 0 Å². The first-order valence-corrected chi connectivity index (χ1v) is 14.2. The number of nitrogens with zero attached hydrogens (tertiary/aromatic N) is 2. The van der Waals surface area contributed by atoms with Crippen LogP contribution in [0.4, 0.5) is 11.4 Å². The lowest BCUT2D eigenvalue weighted by Crippen LogP contribution is -2.50. The summed E-state index contributed by atoms with van der Waals surface area (Å²) < 4.78 is 39.5. The minimum Gasteiger partial charge on any atom is -0.494 e. The summed E-state index contributed by atoms with van der Waals surface area (Å²) in [6, 6.07) is 17.6. The molecule has 1 amide bonds. The van der Waals surface area contributed by atoms with Crippen LogP contribution in [-0.2, 0) is 14.8 Å². The molecule has 8 nitrogen and oxygen atoms in total. The summed E-state index contributed by atoms with van der Waals surface area (Å²) in [5.74, 6) is 1.07. The number of rotatable bonds is 9. The minimum absolute atomic E-state index is 0.0844. The molecule has 1 fully saturated rings. The zero-order valence-electron chi connectivity index (χ0n) is 22.4. The quantitative estimate of drug-likeness (QED) is 0.431. The van der Waals surface area contributed by atoms with Gasteiger partial charge in [0.15, 0.2) is 6.61 Å². The minimum atomic E-state index is -3.79. The average molecular weight is 538 g/mol. The Balaban J connectivity index is 1.31. The third-order valence-electron chi connectivity index (χ3n) is 6.77. The number of benzene rings is 3. The third kappa shape index (κ3) is 6.39. The van der Waals surface area contributed by atoms with Gasteiger partial charge in [-0.2, -0.15) is 0 Å². The third-order valence-corrected chi connectivity index (χ3v) is 8.15. The van der Waals surface area contributed by atoms with Crippen molar-refractivity contribution in [2.45, 2.75) is 32.6 Å². The maximum atomic E-state index is 12.9. The maximum absolute atomic E-state index is 12.9. The van der Waals surface area contributed by atoms with Gasteiger partial charge in [0.25, 0.3) is 15.9 Å². The molecule has 0 aliphatic carbocycles. The van der Waals surface area contributed by atoms with Gasteiger partial charge in [0.1, 0.15) is 11.5 Å². The van der Waals surface area contributed by atoms with Gasteiger partial charge in [0.05, 0.1) is 11.5 Å². The monoisotopic (exact) mass is 537 g/mol. The van der Waals surface area contributed by atoms with Crippen LogP contribution in [0.1, 0.15) is 23.6 Å². The Bertz CT molecular complexity index is 1380. The topological polar surface area (TPSA) is 88.2 Å². The van der Waals surface area contributed by atoms with Crippen molar-refractivity contribution >= 4 is 27.3 Å². The normalized spacial score (nSPS) is 13.8. The summed E-state index contributed by atoms with van der Waals surface area (Å²) in [5.41, 5.74) is 4.82. The molecule has 0 saturated carbocycles. The van der Waals surface area contributed by atoms with E-state index in [2.05, 4.69) is 41.7 Å². The van der Waals surface area contributed by atoms with E-state index in [1.807, 2.05) is 11.8 Å². The molecule has 0 spiro atoms. The fourth-order valence-electron chi connectivity index (χ4n) is 4.46. The number of anilines is 2. The van der Waals surface area contributed by atoms with E-state index in [1.165, 1.54) is 22.9 Å². The van der Waals surface area contributed by atoms with Crippen molar-refractivity contribution in [3.63, 3.8) is 0 Å². The summed E-state index contributed by atoms with van der Waals surface area (Å²) in [6.45, 7) is 11.1. The van der Waals surface area contributed by atoms with Crippen LogP contribution < -0.4 is 19.1 Å². The van der Waals surface area contributed by atoms with Crippen molar-refractivity contribution in [1.82, 2.24) is 4.90 Å². The van der Waals surface area contributed by atoms with Crippen molar-refractivity contribution in [2.75, 3.05) is 49.0 Å². The summed E-state index contributed by atoms with van der Waals surface area (Å²) in [7, 11) is -3.79. The Morgan fingerprint density at radius 2 is 1.61 bits per heavy atom. The molecule has 0 atom stereocenters. The zero-order chi connectivity index (χ0) is 27.3. The molecule has 4 rings (SSSR count). The number of hydrogen-bond acceptors (Lipinski definition) is 6. The number of sulfonamides is 1. The number of carbonyl (C=O) groups is 1. The molecular weight excluding hydrogens is 502 g/mol. The molecule has 0 radical (unpaired) electrons. The Labute approximate surface area is 225 Å². The summed E-state index contributed by atoms with van der Waals surface area (Å²) in [4.78, 5) is 17.1. The number of carbonyl (C=O) groups excluding carboxylic acids is 1. The number of ether oxygens (including phenoxy) is 2. The van der Waals surface area contributed by atoms with Crippen LogP contribution in [0, 0.1) is 20.8 Å². The van der Waals surface area contributed by atoms with E-state index >= 15 is 0 Å². The van der Waals surface area contributed by atoms with Crippen LogP contribution >= 0.6 is 0 Å². The highest BCUT2D eigenvalue weighted by molar-refractivity contribution is 7.92. The zero-order valence-corrected chi connectivity index (χ0v) is 23.2. The Morgan fingerprint density at radius 1 is 0.895 bits per heavy atom. The van der Waals surface area contributed by atoms with Gasteiger partial charge >= 0.3 is 0 Å². The molecule has 3 aromatic rings. The number of nitrogens with one attached hydrogen (secondary N) is 1. The first-order valence-electron chi connectivity index (χ1n) is 12.8. The van der Waals surface area contributed by atoms with Crippen LogP contribution in [0.5, 0.6) is 11.5 Å². The largest absolute Gasteiger partial charge is 0.494 e. The maximum Gasteiger partial charge on any atom is 0.261 e. The predicted molar refractivity (Wildman–Crippen MR) is 150 cm³/mol. The van der Waals surface area contributed by atoms with Crippen LogP contribution in [0.25, 0.3) is 0 Å². The highest BCUT2D eigenvalue weighted by atomic mass is 32.2. The van der Waals surface area contributed by atoms with Crippen LogP contribution in [0.2, 0.25) is 0 Å². The lowest BCUT2D eigenvalue weighted by atomic mass is 10.1. The average Bonchev–Trinajstić information content (AvgIpc) is 2.90. The van der Waals surface area contributed by atoms with Gasteiger partial charge in [0, 0.05) is 37.6 Å². The van der Waals surface area contributed by atoms with Gasteiger partial charge in [-0.1, -0.05) is 12.1 Å². The molecule has 0 bridgehead atoms. The standard InChI is InChI=1S/C29H35N3O5S/c1-5-36-25-11-9-24(10-12-25)30-38(34,35)26-13-14-28(22(3)19-26)37-20-29(33)32-17-15-31(16-18-32)27-8-6-7-21(2)23(27)4/h6-14,19,30H,5,15-18,20H2,1-4H3. The Morgan fingerprint density at radius 3 is 2.26 bits per heavy atom. The Kier molecular flexibility index (Phi) is 8.46. The van der Waals surface area contributed by atoms with Gasteiger partial charge < -0.3 is 19.3 Å². The van der Waals surface area contributed by atoms with Crippen molar-refractivity contribution < 1.29 is 22.7 Å². The van der Waals surface area contributed by atoms with E-state index in [0.717, 1.165) is 13.1 Å². The molecule has 1 aliphatic rings. The van der Waals surface area contributed by atoms with Crippen LogP contribution in [0.15, 0.2) is 65.6 Å². The number of aryl methyl sites for hydroxylation is 2. The summed E-state index contributed by atoms with van der Waals surface area (Å²) >= 11 is 0. The fourth-order valence-corrected chi connectivity index (χ4v) is 5.60. The summed E-state index contributed by atoms with van der Waals surface area (Å²) in [6.07, 6.45) is 0. The lowest BCUT2D eigenvalue weighted by molar-refractivity contribution is -0.133. The second-order valence-corrected chi connectivity index (χ2v) is 11.0. The van der Waals surface area contributed by atoms with Crippen molar-refractivity contribution in [3.05, 3.63) is 77.4 Å². The van der Waals surface area contributed by atoms with E-state index in [4.69, 9.17) is 9.47 Å². The molecular formula is C29H35N3O5S. The Hall–Kier alpha value is -3.72. The van der Waals surface area contributed by atoms with Crippen molar-refractivity contribution in [2.24, 2.45) is 0 Å². The van der Waals surface area contributed by atoms with E-state index < -0.39 is 10.0 Å². The molecule has 1 heterocycles. The predicted octanol–water partition coefficient (Wildman–Crippen LogP) is 4.54. The number of piperazine rings is 1. The molecule has 202 valence electrons. The van der Waals surface area contributed by atoms with Crippen molar-refractivity contribution in [1.29, 1.82) is 0 Å². The van der Waals surface area contributed by atoms with E-state index in [0.29, 0.717) is 42.4 Å². The fraction of sp³-hybridized carbons (Fsp3) is 0.345. The molecule has 0 aromatic heterocycles. The second kappa shape index (κ2) is 11.8. The van der Waals surface area contributed by atoms with Gasteiger partial charge in [-0.3, -0.25) is 9.52 Å². The smallest absolute Gasteiger partial charge is 0.261 e.